The zero-order valence-corrected chi connectivity index (χ0v) is 10.1. The van der Waals surface area contributed by atoms with Gasteiger partial charge in [0.2, 0.25) is 0 Å². The van der Waals surface area contributed by atoms with E-state index in [0.29, 0.717) is 0 Å². The van der Waals surface area contributed by atoms with Gasteiger partial charge in [0, 0.05) is 11.3 Å². The molecule has 0 heterocycles. The molecular formula is C9H9ClO5S. The topological polar surface area (TPSA) is 80.7 Å². The van der Waals surface area contributed by atoms with Crippen molar-refractivity contribution in [3.63, 3.8) is 0 Å². The first kappa shape index (κ1) is 12.8. The lowest BCUT2D eigenvalue weighted by atomic mass is 10.2. The van der Waals surface area contributed by atoms with Crippen molar-refractivity contribution in [3.05, 3.63) is 22.7 Å². The molecule has 7 heteroatoms. The minimum Gasteiger partial charge on any atom is -0.494 e. The standard InChI is InChI=1S/C9H9ClO5S/c1-15-8-6(9(11)12)3-5(10)4-7(8)16(2,13)14/h3-4H,1-2H3,(H,11,12). The van der Waals surface area contributed by atoms with Gasteiger partial charge in [0.15, 0.2) is 15.6 Å². The predicted molar refractivity (Wildman–Crippen MR) is 58.1 cm³/mol. The summed E-state index contributed by atoms with van der Waals surface area (Å²) in [6, 6.07) is 2.29. The van der Waals surface area contributed by atoms with Crippen molar-refractivity contribution in [1.82, 2.24) is 0 Å². The quantitative estimate of drug-likeness (QED) is 0.894. The van der Waals surface area contributed by atoms with Gasteiger partial charge in [-0.3, -0.25) is 0 Å². The Morgan fingerprint density at radius 1 is 1.44 bits per heavy atom. The highest BCUT2D eigenvalue weighted by Gasteiger charge is 2.22. The summed E-state index contributed by atoms with van der Waals surface area (Å²) in [4.78, 5) is 10.6. The average molecular weight is 265 g/mol. The fourth-order valence-corrected chi connectivity index (χ4v) is 2.37. The fourth-order valence-electron chi connectivity index (χ4n) is 1.21. The summed E-state index contributed by atoms with van der Waals surface area (Å²) >= 11 is 5.65. The number of benzene rings is 1. The molecule has 0 atom stereocenters. The zero-order chi connectivity index (χ0) is 12.5. The highest BCUT2D eigenvalue weighted by molar-refractivity contribution is 7.90. The van der Waals surface area contributed by atoms with Crippen LogP contribution in [0.5, 0.6) is 5.75 Å². The molecule has 0 amide bonds. The van der Waals surface area contributed by atoms with Crippen LogP contribution >= 0.6 is 11.6 Å². The highest BCUT2D eigenvalue weighted by Crippen LogP contribution is 2.31. The van der Waals surface area contributed by atoms with Gasteiger partial charge in [-0.1, -0.05) is 11.6 Å². The van der Waals surface area contributed by atoms with Crippen molar-refractivity contribution in [3.8, 4) is 5.75 Å². The largest absolute Gasteiger partial charge is 0.494 e. The van der Waals surface area contributed by atoms with E-state index in [1.54, 1.807) is 0 Å². The number of methoxy groups -OCH3 is 1. The minimum absolute atomic E-state index is 0.0265. The third kappa shape index (κ3) is 2.45. The lowest BCUT2D eigenvalue weighted by Gasteiger charge is -2.10. The monoisotopic (exact) mass is 264 g/mol. The maximum Gasteiger partial charge on any atom is 0.339 e. The van der Waals surface area contributed by atoms with E-state index in [4.69, 9.17) is 21.4 Å². The number of ether oxygens (including phenoxy) is 1. The average Bonchev–Trinajstić information content (AvgIpc) is 2.14. The van der Waals surface area contributed by atoms with Crippen molar-refractivity contribution >= 4 is 27.4 Å². The van der Waals surface area contributed by atoms with Gasteiger partial charge in [-0.2, -0.15) is 0 Å². The Kier molecular flexibility index (Phi) is 3.44. The van der Waals surface area contributed by atoms with Crippen LogP contribution in [0.2, 0.25) is 5.02 Å². The van der Waals surface area contributed by atoms with E-state index in [2.05, 4.69) is 0 Å². The first-order chi connectivity index (χ1) is 7.27. The van der Waals surface area contributed by atoms with Crippen LogP contribution in [-0.4, -0.2) is 32.9 Å². The van der Waals surface area contributed by atoms with Crippen LogP contribution in [0, 0.1) is 0 Å². The first-order valence-corrected chi connectivity index (χ1v) is 6.35. The molecule has 5 nitrogen and oxygen atoms in total. The van der Waals surface area contributed by atoms with Gasteiger partial charge in [0.05, 0.1) is 7.11 Å². The van der Waals surface area contributed by atoms with Gasteiger partial charge in [-0.25, -0.2) is 13.2 Å². The van der Waals surface area contributed by atoms with E-state index in [-0.39, 0.29) is 21.2 Å². The van der Waals surface area contributed by atoms with Crippen molar-refractivity contribution in [2.75, 3.05) is 13.4 Å². The second-order valence-corrected chi connectivity index (χ2v) is 5.48. The van der Waals surface area contributed by atoms with Gasteiger partial charge in [-0.05, 0) is 12.1 Å². The summed E-state index contributed by atoms with van der Waals surface area (Å²) in [7, 11) is -2.40. The Morgan fingerprint density at radius 3 is 2.38 bits per heavy atom. The molecule has 1 aromatic carbocycles. The maximum atomic E-state index is 11.4. The van der Waals surface area contributed by atoms with Crippen molar-refractivity contribution < 1.29 is 23.1 Å². The molecule has 0 bridgehead atoms. The van der Waals surface area contributed by atoms with Gasteiger partial charge >= 0.3 is 5.97 Å². The van der Waals surface area contributed by atoms with E-state index in [1.165, 1.54) is 7.11 Å². The fraction of sp³-hybridized carbons (Fsp3) is 0.222. The number of sulfone groups is 1. The van der Waals surface area contributed by atoms with E-state index in [1.807, 2.05) is 0 Å². The molecule has 0 aliphatic heterocycles. The zero-order valence-electron chi connectivity index (χ0n) is 8.52. The number of rotatable bonds is 3. The summed E-state index contributed by atoms with van der Waals surface area (Å²) in [5.41, 5.74) is -0.282. The molecular weight excluding hydrogens is 256 g/mol. The number of hydrogen-bond donors (Lipinski definition) is 1. The van der Waals surface area contributed by atoms with Crippen LogP contribution in [0.4, 0.5) is 0 Å². The number of halogens is 1. The Balaban J connectivity index is 3.68. The van der Waals surface area contributed by atoms with Gasteiger partial charge in [0.1, 0.15) is 10.5 Å². The molecule has 0 saturated heterocycles. The summed E-state index contributed by atoms with van der Waals surface area (Å²) < 4.78 is 27.6. The first-order valence-electron chi connectivity index (χ1n) is 4.08. The maximum absolute atomic E-state index is 11.4. The summed E-state index contributed by atoms with van der Waals surface area (Å²) in [5, 5.41) is 8.90. The molecule has 0 aliphatic rings. The Hall–Kier alpha value is -1.27. The van der Waals surface area contributed by atoms with Crippen LogP contribution in [0.15, 0.2) is 17.0 Å². The SMILES string of the molecule is COc1c(C(=O)O)cc(Cl)cc1S(C)(=O)=O. The lowest BCUT2D eigenvalue weighted by Crippen LogP contribution is -2.07. The summed E-state index contributed by atoms with van der Waals surface area (Å²) in [6.45, 7) is 0. The second kappa shape index (κ2) is 4.31. The molecule has 0 saturated carbocycles. The number of aromatic carboxylic acids is 1. The van der Waals surface area contributed by atoms with Gasteiger partial charge in [-0.15, -0.1) is 0 Å². The number of carboxylic acid groups (broad SMARTS) is 1. The minimum atomic E-state index is -3.60. The molecule has 88 valence electrons. The molecule has 0 spiro atoms. The molecule has 0 unspecified atom stereocenters. The Labute approximate surface area is 97.5 Å². The number of carboxylic acids is 1. The van der Waals surface area contributed by atoms with Crippen LogP contribution in [0.1, 0.15) is 10.4 Å². The summed E-state index contributed by atoms with van der Waals surface area (Å²) in [6.07, 6.45) is 0.951. The Bertz CT molecular complexity index is 535. The predicted octanol–water partition coefficient (Wildman–Crippen LogP) is 1.45. The molecule has 1 aromatic rings. The van der Waals surface area contributed by atoms with Crippen LogP contribution < -0.4 is 4.74 Å². The van der Waals surface area contributed by atoms with Crippen molar-refractivity contribution in [2.45, 2.75) is 4.90 Å². The molecule has 1 rings (SSSR count). The second-order valence-electron chi connectivity index (χ2n) is 3.06. The Morgan fingerprint density at radius 2 is 2.00 bits per heavy atom. The number of hydrogen-bond acceptors (Lipinski definition) is 4. The number of carbonyl (C=O) groups is 1. The van der Waals surface area contributed by atoms with Gasteiger partial charge in [0.25, 0.3) is 0 Å². The van der Waals surface area contributed by atoms with Crippen LogP contribution in [-0.2, 0) is 9.84 Å². The smallest absolute Gasteiger partial charge is 0.339 e. The van der Waals surface area contributed by atoms with Crippen molar-refractivity contribution in [2.24, 2.45) is 0 Å². The van der Waals surface area contributed by atoms with Crippen molar-refractivity contribution in [1.29, 1.82) is 0 Å². The third-order valence-electron chi connectivity index (χ3n) is 1.85. The molecule has 0 fully saturated rings. The van der Waals surface area contributed by atoms with Gasteiger partial charge < -0.3 is 9.84 Å². The highest BCUT2D eigenvalue weighted by atomic mass is 35.5. The molecule has 1 N–H and O–H groups in total. The van der Waals surface area contributed by atoms with E-state index in [9.17, 15) is 13.2 Å². The molecule has 0 aromatic heterocycles. The van der Waals surface area contributed by atoms with E-state index >= 15 is 0 Å². The molecule has 0 radical (unpaired) electrons. The normalized spacial score (nSPS) is 11.2. The van der Waals surface area contributed by atoms with E-state index in [0.717, 1.165) is 18.4 Å². The molecule has 0 aliphatic carbocycles. The van der Waals surface area contributed by atoms with Crippen LogP contribution in [0.25, 0.3) is 0 Å². The summed E-state index contributed by atoms with van der Waals surface area (Å²) in [5.74, 6) is -1.51. The molecule has 16 heavy (non-hydrogen) atoms. The third-order valence-corrected chi connectivity index (χ3v) is 3.17. The lowest BCUT2D eigenvalue weighted by molar-refractivity contribution is 0.0693. The van der Waals surface area contributed by atoms with Crippen LogP contribution in [0.3, 0.4) is 0 Å². The van der Waals surface area contributed by atoms with E-state index < -0.39 is 15.8 Å².